The van der Waals surface area contributed by atoms with Crippen LogP contribution in [-0.4, -0.2) is 36.7 Å². The molecule has 0 saturated carbocycles. The molecule has 0 spiro atoms. The van der Waals surface area contributed by atoms with Crippen molar-refractivity contribution in [2.45, 2.75) is 19.4 Å². The van der Waals surface area contributed by atoms with Crippen molar-refractivity contribution >= 4 is 11.9 Å². The Morgan fingerprint density at radius 1 is 1.07 bits per heavy atom. The molecule has 0 aromatic heterocycles. The molecule has 2 aromatic carbocycles. The maximum atomic E-state index is 12.4. The van der Waals surface area contributed by atoms with Gasteiger partial charge < -0.3 is 19.9 Å². The molecular weight excluding hydrogens is 358 g/mol. The highest BCUT2D eigenvalue weighted by Gasteiger charge is 2.30. The van der Waals surface area contributed by atoms with Gasteiger partial charge in [-0.1, -0.05) is 30.3 Å². The van der Waals surface area contributed by atoms with Crippen LogP contribution in [0, 0.1) is 11.8 Å². The topological polar surface area (TPSA) is 84.9 Å². The van der Waals surface area contributed by atoms with Crippen LogP contribution in [0.15, 0.2) is 54.6 Å². The van der Waals surface area contributed by atoms with Gasteiger partial charge >= 0.3 is 5.97 Å². The number of hydrogen-bond acceptors (Lipinski definition) is 4. The molecule has 6 nitrogen and oxygen atoms in total. The van der Waals surface area contributed by atoms with Crippen LogP contribution in [0.4, 0.5) is 0 Å². The third kappa shape index (κ3) is 5.57. The Hall–Kier alpha value is -2.86. The molecule has 1 unspecified atom stereocenters. The summed E-state index contributed by atoms with van der Waals surface area (Å²) in [5, 5.41) is 12.2. The lowest BCUT2D eigenvalue weighted by Gasteiger charge is -2.27. The largest absolute Gasteiger partial charge is 0.489 e. The van der Waals surface area contributed by atoms with Crippen LogP contribution in [0.5, 0.6) is 5.75 Å². The molecule has 3 rings (SSSR count). The molecule has 1 amide bonds. The minimum atomic E-state index is -0.878. The van der Waals surface area contributed by atoms with E-state index in [0.29, 0.717) is 44.0 Å². The second-order valence-electron chi connectivity index (χ2n) is 6.90. The van der Waals surface area contributed by atoms with Crippen molar-refractivity contribution in [1.82, 2.24) is 5.32 Å². The van der Waals surface area contributed by atoms with E-state index in [0.717, 1.165) is 5.56 Å². The number of amides is 1. The highest BCUT2D eigenvalue weighted by molar-refractivity contribution is 5.94. The summed E-state index contributed by atoms with van der Waals surface area (Å²) in [7, 11) is 0. The van der Waals surface area contributed by atoms with Gasteiger partial charge in [-0.25, -0.2) is 0 Å². The van der Waals surface area contributed by atoms with Crippen LogP contribution in [0.1, 0.15) is 28.8 Å². The Morgan fingerprint density at radius 2 is 1.75 bits per heavy atom. The number of carbonyl (C=O) groups is 2. The molecule has 6 heteroatoms. The first-order valence-corrected chi connectivity index (χ1v) is 9.49. The molecule has 1 atom stereocenters. The van der Waals surface area contributed by atoms with Gasteiger partial charge in [0.1, 0.15) is 12.4 Å². The van der Waals surface area contributed by atoms with Crippen LogP contribution < -0.4 is 10.1 Å². The van der Waals surface area contributed by atoms with Crippen LogP contribution in [-0.2, 0) is 16.1 Å². The Balaban J connectivity index is 1.51. The summed E-state index contributed by atoms with van der Waals surface area (Å²) in [4.78, 5) is 23.9. The SMILES string of the molecule is O=C(NCC(C(=O)O)C1CCOCC1)c1ccc(OCc2ccccc2)cc1. The predicted molar refractivity (Wildman–Crippen MR) is 104 cm³/mol. The average Bonchev–Trinajstić information content (AvgIpc) is 2.74. The van der Waals surface area contributed by atoms with Gasteiger partial charge in [0, 0.05) is 25.3 Å². The number of carboxylic acid groups (broad SMARTS) is 1. The lowest BCUT2D eigenvalue weighted by molar-refractivity contribution is -0.144. The van der Waals surface area contributed by atoms with Crippen molar-refractivity contribution in [1.29, 1.82) is 0 Å². The van der Waals surface area contributed by atoms with Gasteiger partial charge in [-0.15, -0.1) is 0 Å². The first-order valence-electron chi connectivity index (χ1n) is 9.49. The predicted octanol–water partition coefficient (Wildman–Crippen LogP) is 3.12. The van der Waals surface area contributed by atoms with E-state index >= 15 is 0 Å². The van der Waals surface area contributed by atoms with Crippen LogP contribution in [0.3, 0.4) is 0 Å². The molecule has 148 valence electrons. The van der Waals surface area contributed by atoms with E-state index in [-0.39, 0.29) is 18.4 Å². The summed E-state index contributed by atoms with van der Waals surface area (Å²) in [6.45, 7) is 1.72. The second kappa shape index (κ2) is 9.90. The number of carboxylic acids is 1. The highest BCUT2D eigenvalue weighted by atomic mass is 16.5. The number of ether oxygens (including phenoxy) is 2. The van der Waals surface area contributed by atoms with Crippen molar-refractivity contribution in [3.05, 3.63) is 65.7 Å². The lowest BCUT2D eigenvalue weighted by Crippen LogP contribution is -2.38. The summed E-state index contributed by atoms with van der Waals surface area (Å²) in [5.74, 6) is -1.06. The monoisotopic (exact) mass is 383 g/mol. The fourth-order valence-corrected chi connectivity index (χ4v) is 3.32. The first-order chi connectivity index (χ1) is 13.6. The van der Waals surface area contributed by atoms with Gasteiger partial charge in [-0.05, 0) is 48.6 Å². The van der Waals surface area contributed by atoms with E-state index in [4.69, 9.17) is 9.47 Å². The number of carbonyl (C=O) groups excluding carboxylic acids is 1. The molecular formula is C22H25NO5. The van der Waals surface area contributed by atoms with Gasteiger partial charge in [0.05, 0.1) is 5.92 Å². The van der Waals surface area contributed by atoms with E-state index in [1.807, 2.05) is 30.3 Å². The quantitative estimate of drug-likeness (QED) is 0.732. The maximum absolute atomic E-state index is 12.4. The molecule has 28 heavy (non-hydrogen) atoms. The molecule has 0 radical (unpaired) electrons. The minimum absolute atomic E-state index is 0.0281. The normalized spacial score (nSPS) is 15.6. The lowest BCUT2D eigenvalue weighted by atomic mass is 9.86. The molecule has 1 heterocycles. The van der Waals surface area contributed by atoms with Crippen molar-refractivity contribution in [3.8, 4) is 5.75 Å². The van der Waals surface area contributed by atoms with Gasteiger partial charge in [0.15, 0.2) is 0 Å². The Morgan fingerprint density at radius 3 is 2.39 bits per heavy atom. The van der Waals surface area contributed by atoms with E-state index in [9.17, 15) is 14.7 Å². The summed E-state index contributed by atoms with van der Waals surface area (Å²) >= 11 is 0. The van der Waals surface area contributed by atoms with Crippen molar-refractivity contribution in [3.63, 3.8) is 0 Å². The number of rotatable bonds is 8. The summed E-state index contributed by atoms with van der Waals surface area (Å²) in [5.41, 5.74) is 1.54. The zero-order chi connectivity index (χ0) is 19.8. The van der Waals surface area contributed by atoms with Crippen LogP contribution in [0.2, 0.25) is 0 Å². The summed E-state index contributed by atoms with van der Waals surface area (Å²) in [6.07, 6.45) is 1.42. The van der Waals surface area contributed by atoms with Gasteiger partial charge in [-0.2, -0.15) is 0 Å². The standard InChI is InChI=1S/C22H25NO5/c24-21(23-14-20(22(25)26)17-10-12-27-13-11-17)18-6-8-19(9-7-18)28-15-16-4-2-1-3-5-16/h1-9,17,20H,10-15H2,(H,23,24)(H,25,26). The fourth-order valence-electron chi connectivity index (χ4n) is 3.32. The third-order valence-electron chi connectivity index (χ3n) is 5.00. The highest BCUT2D eigenvalue weighted by Crippen LogP contribution is 2.24. The fraction of sp³-hybridized carbons (Fsp3) is 0.364. The van der Waals surface area contributed by atoms with Crippen molar-refractivity contribution in [2.75, 3.05) is 19.8 Å². The number of benzene rings is 2. The smallest absolute Gasteiger partial charge is 0.308 e. The van der Waals surface area contributed by atoms with Crippen LogP contribution >= 0.6 is 0 Å². The van der Waals surface area contributed by atoms with Gasteiger partial charge in [0.25, 0.3) is 5.91 Å². The number of aliphatic carboxylic acids is 1. The molecule has 2 aromatic rings. The maximum Gasteiger partial charge on any atom is 0.308 e. The zero-order valence-electron chi connectivity index (χ0n) is 15.7. The number of hydrogen-bond donors (Lipinski definition) is 2. The Labute approximate surface area is 164 Å². The number of nitrogens with one attached hydrogen (secondary N) is 1. The first kappa shape index (κ1) is 19.9. The molecule has 1 aliphatic heterocycles. The van der Waals surface area contributed by atoms with E-state index in [2.05, 4.69) is 5.32 Å². The average molecular weight is 383 g/mol. The van der Waals surface area contributed by atoms with Crippen molar-refractivity contribution in [2.24, 2.45) is 11.8 Å². The zero-order valence-corrected chi connectivity index (χ0v) is 15.7. The van der Waals surface area contributed by atoms with E-state index < -0.39 is 11.9 Å². The van der Waals surface area contributed by atoms with Gasteiger partial charge in [-0.3, -0.25) is 9.59 Å². The molecule has 1 saturated heterocycles. The van der Waals surface area contributed by atoms with E-state index in [1.54, 1.807) is 24.3 Å². The molecule has 1 fully saturated rings. The molecule has 0 bridgehead atoms. The Bertz CT molecular complexity index is 769. The second-order valence-corrected chi connectivity index (χ2v) is 6.90. The molecule has 0 aliphatic carbocycles. The molecule has 2 N–H and O–H groups in total. The van der Waals surface area contributed by atoms with Crippen LogP contribution in [0.25, 0.3) is 0 Å². The van der Waals surface area contributed by atoms with Gasteiger partial charge in [0.2, 0.25) is 0 Å². The summed E-state index contributed by atoms with van der Waals surface area (Å²) in [6, 6.07) is 16.7. The molecule has 1 aliphatic rings. The third-order valence-corrected chi connectivity index (χ3v) is 5.00. The van der Waals surface area contributed by atoms with E-state index in [1.165, 1.54) is 0 Å². The van der Waals surface area contributed by atoms with Crippen molar-refractivity contribution < 1.29 is 24.2 Å². The Kier molecular flexibility index (Phi) is 7.03. The minimum Gasteiger partial charge on any atom is -0.489 e. The summed E-state index contributed by atoms with van der Waals surface area (Å²) < 4.78 is 11.0.